The Labute approximate surface area is 130 Å². The maximum absolute atomic E-state index is 11.2. The standard InChI is InChI=1S/C13H23ClN6O/c1-5-19(6-2)12-16-11(14)17-13(18-12)20(7-9(3)4)8-10(15)21/h9H,5-8H2,1-4H3,(H2,15,21). The summed E-state index contributed by atoms with van der Waals surface area (Å²) in [6.07, 6.45) is 0. The molecule has 1 amide bonds. The van der Waals surface area contributed by atoms with Gasteiger partial charge >= 0.3 is 0 Å². The molecule has 0 radical (unpaired) electrons. The number of anilines is 2. The van der Waals surface area contributed by atoms with Gasteiger partial charge in [-0.1, -0.05) is 13.8 Å². The lowest BCUT2D eigenvalue weighted by atomic mass is 10.2. The Morgan fingerprint density at radius 1 is 1.14 bits per heavy atom. The Morgan fingerprint density at radius 2 is 1.67 bits per heavy atom. The van der Waals surface area contributed by atoms with Gasteiger partial charge in [0.15, 0.2) is 0 Å². The molecule has 0 saturated heterocycles. The summed E-state index contributed by atoms with van der Waals surface area (Å²) in [5.74, 6) is 0.783. The van der Waals surface area contributed by atoms with Gasteiger partial charge in [0.05, 0.1) is 6.54 Å². The first-order valence-corrected chi connectivity index (χ1v) is 7.44. The van der Waals surface area contributed by atoms with Crippen LogP contribution >= 0.6 is 11.6 Å². The fourth-order valence-electron chi connectivity index (χ4n) is 1.96. The van der Waals surface area contributed by atoms with Crippen molar-refractivity contribution in [1.29, 1.82) is 0 Å². The van der Waals surface area contributed by atoms with E-state index < -0.39 is 5.91 Å². The second kappa shape index (κ2) is 7.97. The third kappa shape index (κ3) is 5.34. The molecule has 7 nitrogen and oxygen atoms in total. The molecule has 1 aromatic heterocycles. The first-order valence-electron chi connectivity index (χ1n) is 7.07. The molecule has 2 N–H and O–H groups in total. The lowest BCUT2D eigenvalue weighted by molar-refractivity contribution is -0.116. The Hall–Kier alpha value is -1.63. The van der Waals surface area contributed by atoms with Gasteiger partial charge in [-0.2, -0.15) is 15.0 Å². The summed E-state index contributed by atoms with van der Waals surface area (Å²) >= 11 is 5.99. The summed E-state index contributed by atoms with van der Waals surface area (Å²) < 4.78 is 0. The largest absolute Gasteiger partial charge is 0.368 e. The van der Waals surface area contributed by atoms with Crippen LogP contribution in [0.15, 0.2) is 0 Å². The van der Waals surface area contributed by atoms with Crippen molar-refractivity contribution >= 4 is 29.4 Å². The van der Waals surface area contributed by atoms with Crippen molar-refractivity contribution in [2.45, 2.75) is 27.7 Å². The zero-order valence-corrected chi connectivity index (χ0v) is 13.8. The first-order chi connectivity index (χ1) is 9.87. The van der Waals surface area contributed by atoms with Crippen molar-refractivity contribution in [2.24, 2.45) is 11.7 Å². The summed E-state index contributed by atoms with van der Waals surface area (Å²) in [6.45, 7) is 10.3. The SMILES string of the molecule is CCN(CC)c1nc(Cl)nc(N(CC(N)=O)CC(C)C)n1. The minimum Gasteiger partial charge on any atom is -0.368 e. The van der Waals surface area contributed by atoms with Crippen LogP contribution in [0.25, 0.3) is 0 Å². The van der Waals surface area contributed by atoms with Gasteiger partial charge in [-0.05, 0) is 31.4 Å². The molecule has 0 unspecified atom stereocenters. The number of nitrogens with two attached hydrogens (primary N) is 1. The minimum absolute atomic E-state index is 0.0518. The van der Waals surface area contributed by atoms with E-state index >= 15 is 0 Å². The average Bonchev–Trinajstić information content (AvgIpc) is 2.37. The molecule has 0 atom stereocenters. The number of carbonyl (C=O) groups is 1. The first kappa shape index (κ1) is 17.4. The molecule has 1 aromatic rings. The lowest BCUT2D eigenvalue weighted by Gasteiger charge is -2.25. The zero-order chi connectivity index (χ0) is 16.0. The molecular weight excluding hydrogens is 292 g/mol. The fourth-order valence-corrected chi connectivity index (χ4v) is 2.12. The second-order valence-corrected chi connectivity index (χ2v) is 5.46. The summed E-state index contributed by atoms with van der Waals surface area (Å²) in [5, 5.41) is 0.111. The van der Waals surface area contributed by atoms with Crippen LogP contribution in [0.3, 0.4) is 0 Å². The van der Waals surface area contributed by atoms with E-state index in [2.05, 4.69) is 15.0 Å². The molecular formula is C13H23ClN6O. The average molecular weight is 315 g/mol. The van der Waals surface area contributed by atoms with Gasteiger partial charge < -0.3 is 15.5 Å². The number of rotatable bonds is 8. The zero-order valence-electron chi connectivity index (χ0n) is 13.0. The number of hydrogen-bond acceptors (Lipinski definition) is 6. The Kier molecular flexibility index (Phi) is 6.61. The van der Waals surface area contributed by atoms with E-state index in [-0.39, 0.29) is 11.8 Å². The molecule has 0 fully saturated rings. The van der Waals surface area contributed by atoms with Crippen LogP contribution in [-0.2, 0) is 4.79 Å². The Bertz CT molecular complexity index is 478. The normalized spacial score (nSPS) is 10.8. The summed E-state index contributed by atoms with van der Waals surface area (Å²) in [4.78, 5) is 27.6. The number of primary amides is 1. The van der Waals surface area contributed by atoms with E-state index in [1.807, 2.05) is 32.6 Å². The van der Waals surface area contributed by atoms with Crippen LogP contribution in [0.5, 0.6) is 0 Å². The molecule has 0 spiro atoms. The lowest BCUT2D eigenvalue weighted by Crippen LogP contribution is -2.38. The smallest absolute Gasteiger partial charge is 0.237 e. The van der Waals surface area contributed by atoms with E-state index in [9.17, 15) is 4.79 Å². The Balaban J connectivity index is 3.14. The molecule has 118 valence electrons. The van der Waals surface area contributed by atoms with Gasteiger partial charge in [-0.15, -0.1) is 0 Å². The van der Waals surface area contributed by atoms with Crippen LogP contribution < -0.4 is 15.5 Å². The molecule has 0 aromatic carbocycles. The highest BCUT2D eigenvalue weighted by Gasteiger charge is 2.18. The third-order valence-electron chi connectivity index (χ3n) is 2.85. The van der Waals surface area contributed by atoms with Crippen molar-refractivity contribution < 1.29 is 4.79 Å². The second-order valence-electron chi connectivity index (χ2n) is 5.12. The number of carbonyl (C=O) groups excluding carboxylic acids is 1. The molecule has 1 heterocycles. The third-order valence-corrected chi connectivity index (χ3v) is 3.01. The van der Waals surface area contributed by atoms with E-state index in [4.69, 9.17) is 17.3 Å². The molecule has 0 bridgehead atoms. The highest BCUT2D eigenvalue weighted by Crippen LogP contribution is 2.17. The van der Waals surface area contributed by atoms with Crippen LogP contribution in [-0.4, -0.2) is 47.0 Å². The van der Waals surface area contributed by atoms with E-state index in [0.717, 1.165) is 13.1 Å². The summed E-state index contributed by atoms with van der Waals surface area (Å²) in [6, 6.07) is 0. The molecule has 0 aliphatic carbocycles. The number of aromatic nitrogens is 3. The van der Waals surface area contributed by atoms with Gasteiger partial charge in [-0.25, -0.2) is 0 Å². The van der Waals surface area contributed by atoms with Crippen LogP contribution in [0.1, 0.15) is 27.7 Å². The predicted octanol–water partition coefficient (Wildman–Crippen LogP) is 1.32. The number of halogens is 1. The van der Waals surface area contributed by atoms with Crippen molar-refractivity contribution in [1.82, 2.24) is 15.0 Å². The maximum Gasteiger partial charge on any atom is 0.237 e. The van der Waals surface area contributed by atoms with Gasteiger partial charge in [0.2, 0.25) is 23.1 Å². The fraction of sp³-hybridized carbons (Fsp3) is 0.692. The monoisotopic (exact) mass is 314 g/mol. The predicted molar refractivity (Wildman–Crippen MR) is 84.6 cm³/mol. The molecule has 8 heteroatoms. The number of nitrogens with zero attached hydrogens (tertiary/aromatic N) is 5. The van der Waals surface area contributed by atoms with Crippen molar-refractivity contribution in [3.63, 3.8) is 0 Å². The molecule has 1 rings (SSSR count). The molecule has 0 aliphatic heterocycles. The van der Waals surface area contributed by atoms with E-state index in [0.29, 0.717) is 24.4 Å². The van der Waals surface area contributed by atoms with Gasteiger partial charge in [0.1, 0.15) is 0 Å². The highest BCUT2D eigenvalue weighted by atomic mass is 35.5. The van der Waals surface area contributed by atoms with Gasteiger partial charge in [0, 0.05) is 19.6 Å². The van der Waals surface area contributed by atoms with Gasteiger partial charge in [-0.3, -0.25) is 4.79 Å². The van der Waals surface area contributed by atoms with Crippen molar-refractivity contribution in [2.75, 3.05) is 36.0 Å². The molecule has 0 saturated carbocycles. The van der Waals surface area contributed by atoms with Gasteiger partial charge in [0.25, 0.3) is 0 Å². The van der Waals surface area contributed by atoms with E-state index in [1.54, 1.807) is 4.90 Å². The molecule has 21 heavy (non-hydrogen) atoms. The minimum atomic E-state index is -0.434. The quantitative estimate of drug-likeness (QED) is 0.778. The van der Waals surface area contributed by atoms with E-state index in [1.165, 1.54) is 0 Å². The van der Waals surface area contributed by atoms with Crippen LogP contribution in [0, 0.1) is 5.92 Å². The summed E-state index contributed by atoms with van der Waals surface area (Å²) in [5.41, 5.74) is 5.30. The number of hydrogen-bond donors (Lipinski definition) is 1. The van der Waals surface area contributed by atoms with Crippen LogP contribution in [0.4, 0.5) is 11.9 Å². The van der Waals surface area contributed by atoms with Crippen molar-refractivity contribution in [3.05, 3.63) is 5.28 Å². The maximum atomic E-state index is 11.2. The molecule has 0 aliphatic rings. The van der Waals surface area contributed by atoms with Crippen molar-refractivity contribution in [3.8, 4) is 0 Å². The topological polar surface area (TPSA) is 88.2 Å². The summed E-state index contributed by atoms with van der Waals surface area (Å²) in [7, 11) is 0. The Morgan fingerprint density at radius 3 is 2.10 bits per heavy atom. The van der Waals surface area contributed by atoms with Crippen LogP contribution in [0.2, 0.25) is 5.28 Å². The highest BCUT2D eigenvalue weighted by molar-refractivity contribution is 6.28. The number of amides is 1.